The third-order valence-electron chi connectivity index (χ3n) is 5.83. The van der Waals surface area contributed by atoms with Crippen LogP contribution in [-0.2, 0) is 6.54 Å². The van der Waals surface area contributed by atoms with Crippen LogP contribution in [0.1, 0.15) is 31.8 Å². The van der Waals surface area contributed by atoms with Crippen molar-refractivity contribution in [3.8, 4) is 0 Å². The Bertz CT molecular complexity index is 1160. The van der Waals surface area contributed by atoms with E-state index in [1.54, 1.807) is 36.4 Å². The van der Waals surface area contributed by atoms with Gasteiger partial charge < -0.3 is 15.3 Å². The fourth-order valence-electron chi connectivity index (χ4n) is 3.95. The molecule has 0 aliphatic carbocycles. The molecule has 33 heavy (non-hydrogen) atoms. The number of hydrogen-bond acceptors (Lipinski definition) is 4. The summed E-state index contributed by atoms with van der Waals surface area (Å²) >= 11 is 5.96. The van der Waals surface area contributed by atoms with Crippen molar-refractivity contribution >= 4 is 34.9 Å². The number of benzene rings is 3. The Morgan fingerprint density at radius 2 is 1.70 bits per heavy atom. The number of aromatic carboxylic acids is 1. The van der Waals surface area contributed by atoms with Gasteiger partial charge in [-0.2, -0.15) is 0 Å². The van der Waals surface area contributed by atoms with Crippen LogP contribution in [0.5, 0.6) is 0 Å². The molecule has 1 fully saturated rings. The maximum Gasteiger partial charge on any atom is 0.337 e. The minimum Gasteiger partial charge on any atom is -0.478 e. The molecule has 0 saturated carbocycles. The second-order valence-corrected chi connectivity index (χ2v) is 8.68. The summed E-state index contributed by atoms with van der Waals surface area (Å²) in [5.74, 6) is -1.49. The molecule has 1 saturated heterocycles. The molecule has 2 N–H and O–H groups in total. The summed E-state index contributed by atoms with van der Waals surface area (Å²) in [6.45, 7) is 6.39. The molecule has 4 rings (SSSR count). The summed E-state index contributed by atoms with van der Waals surface area (Å²) in [6.07, 6.45) is 0. The number of nitrogens with zero attached hydrogens (tertiary/aromatic N) is 2. The zero-order valence-electron chi connectivity index (χ0n) is 18.4. The van der Waals surface area contributed by atoms with Crippen LogP contribution in [0.2, 0.25) is 5.02 Å². The molecule has 0 radical (unpaired) electrons. The molecule has 1 heterocycles. The van der Waals surface area contributed by atoms with E-state index in [1.807, 2.05) is 6.07 Å². The molecule has 7 heteroatoms. The largest absolute Gasteiger partial charge is 0.478 e. The first-order valence-electron chi connectivity index (χ1n) is 10.9. The zero-order chi connectivity index (χ0) is 23.4. The van der Waals surface area contributed by atoms with E-state index in [1.165, 1.54) is 11.1 Å². The van der Waals surface area contributed by atoms with Gasteiger partial charge in [0.25, 0.3) is 5.91 Å². The topological polar surface area (TPSA) is 72.9 Å². The number of rotatable bonds is 6. The van der Waals surface area contributed by atoms with Crippen LogP contribution in [0.15, 0.2) is 66.7 Å². The number of carboxylic acids is 1. The van der Waals surface area contributed by atoms with Crippen molar-refractivity contribution in [3.63, 3.8) is 0 Å². The van der Waals surface area contributed by atoms with E-state index in [4.69, 9.17) is 11.6 Å². The number of hydrogen-bond donors (Lipinski definition) is 2. The highest BCUT2D eigenvalue weighted by molar-refractivity contribution is 6.31. The number of carbonyl (C=O) groups excluding carboxylic acids is 1. The molecule has 1 aliphatic heterocycles. The average molecular weight is 464 g/mol. The zero-order valence-corrected chi connectivity index (χ0v) is 19.2. The predicted octanol–water partition coefficient (Wildman–Crippen LogP) is 4.92. The number of carbonyl (C=O) groups is 2. The molecular weight excluding hydrogens is 438 g/mol. The number of amides is 1. The van der Waals surface area contributed by atoms with Crippen LogP contribution in [0.3, 0.4) is 0 Å². The molecule has 3 aromatic carbocycles. The van der Waals surface area contributed by atoms with Gasteiger partial charge >= 0.3 is 5.97 Å². The van der Waals surface area contributed by atoms with Gasteiger partial charge in [-0.3, -0.25) is 9.69 Å². The van der Waals surface area contributed by atoms with Crippen LogP contribution in [0, 0.1) is 6.92 Å². The highest BCUT2D eigenvalue weighted by atomic mass is 35.5. The minimum atomic E-state index is -1.09. The van der Waals surface area contributed by atoms with Crippen molar-refractivity contribution in [2.45, 2.75) is 13.5 Å². The Morgan fingerprint density at radius 3 is 2.36 bits per heavy atom. The molecule has 3 aromatic rings. The summed E-state index contributed by atoms with van der Waals surface area (Å²) < 4.78 is 0. The van der Waals surface area contributed by atoms with Crippen LogP contribution in [-0.4, -0.2) is 48.1 Å². The summed E-state index contributed by atoms with van der Waals surface area (Å²) in [5, 5.41) is 12.9. The third kappa shape index (κ3) is 5.72. The standard InChI is InChI=1S/C26H26ClN3O3/c1-18-5-7-19(8-6-18)17-29-11-13-30(14-12-29)22-9-10-24(23(16-22)26(32)33)28-25(31)20-3-2-4-21(27)15-20/h2-10,15-16H,11-14,17H2,1H3,(H,28,31)(H,32,33). The van der Waals surface area contributed by atoms with Gasteiger partial charge in [-0.1, -0.05) is 47.5 Å². The van der Waals surface area contributed by atoms with Crippen molar-refractivity contribution in [2.75, 3.05) is 36.4 Å². The van der Waals surface area contributed by atoms with Crippen molar-refractivity contribution in [2.24, 2.45) is 0 Å². The maximum atomic E-state index is 12.6. The number of nitrogens with one attached hydrogen (secondary N) is 1. The van der Waals surface area contributed by atoms with Gasteiger partial charge in [-0.05, 0) is 48.9 Å². The number of carboxylic acid groups (broad SMARTS) is 1. The lowest BCUT2D eigenvalue weighted by Gasteiger charge is -2.36. The molecule has 0 unspecified atom stereocenters. The van der Waals surface area contributed by atoms with Gasteiger partial charge in [0.1, 0.15) is 0 Å². The second kappa shape index (κ2) is 10.1. The van der Waals surface area contributed by atoms with E-state index in [-0.39, 0.29) is 11.3 Å². The first kappa shape index (κ1) is 22.8. The maximum absolute atomic E-state index is 12.6. The van der Waals surface area contributed by atoms with Crippen molar-refractivity contribution in [1.82, 2.24) is 4.90 Å². The SMILES string of the molecule is Cc1ccc(CN2CCN(c3ccc(NC(=O)c4cccc(Cl)c4)c(C(=O)O)c3)CC2)cc1. The molecule has 6 nitrogen and oxygen atoms in total. The first-order valence-corrected chi connectivity index (χ1v) is 11.2. The van der Waals surface area contributed by atoms with Gasteiger partial charge in [0.2, 0.25) is 0 Å². The highest BCUT2D eigenvalue weighted by Crippen LogP contribution is 2.26. The van der Waals surface area contributed by atoms with Crippen molar-refractivity contribution < 1.29 is 14.7 Å². The van der Waals surface area contributed by atoms with Crippen LogP contribution >= 0.6 is 11.6 Å². The van der Waals surface area contributed by atoms with Gasteiger partial charge in [0.15, 0.2) is 0 Å². The van der Waals surface area contributed by atoms with E-state index in [0.29, 0.717) is 10.6 Å². The summed E-state index contributed by atoms with van der Waals surface area (Å²) in [6, 6.07) is 20.3. The summed E-state index contributed by atoms with van der Waals surface area (Å²) in [5.41, 5.74) is 4.07. The van der Waals surface area contributed by atoms with Gasteiger partial charge in [-0.25, -0.2) is 4.79 Å². The molecule has 170 valence electrons. The Labute approximate surface area is 198 Å². The lowest BCUT2D eigenvalue weighted by molar-refractivity contribution is 0.0698. The summed E-state index contributed by atoms with van der Waals surface area (Å²) in [4.78, 5) is 29.0. The lowest BCUT2D eigenvalue weighted by Crippen LogP contribution is -2.46. The van der Waals surface area contributed by atoms with E-state index in [0.717, 1.165) is 38.4 Å². The quantitative estimate of drug-likeness (QED) is 0.542. The molecular formula is C26H26ClN3O3. The number of halogens is 1. The van der Waals surface area contributed by atoms with E-state index < -0.39 is 11.9 Å². The number of aryl methyl sites for hydroxylation is 1. The Kier molecular flexibility index (Phi) is 6.96. The van der Waals surface area contributed by atoms with Crippen LogP contribution < -0.4 is 10.2 Å². The summed E-state index contributed by atoms with van der Waals surface area (Å²) in [7, 11) is 0. The highest BCUT2D eigenvalue weighted by Gasteiger charge is 2.20. The second-order valence-electron chi connectivity index (χ2n) is 8.25. The fraction of sp³-hybridized carbons (Fsp3) is 0.231. The number of anilines is 2. The van der Waals surface area contributed by atoms with Crippen molar-refractivity contribution in [3.05, 3.63) is 94.0 Å². The molecule has 0 aromatic heterocycles. The minimum absolute atomic E-state index is 0.0602. The fourth-order valence-corrected chi connectivity index (χ4v) is 4.15. The normalized spacial score (nSPS) is 14.2. The van der Waals surface area contributed by atoms with Gasteiger partial charge in [0.05, 0.1) is 11.3 Å². The van der Waals surface area contributed by atoms with Crippen LogP contribution in [0.25, 0.3) is 0 Å². The van der Waals surface area contributed by atoms with E-state index in [9.17, 15) is 14.7 Å². The molecule has 1 aliphatic rings. The smallest absolute Gasteiger partial charge is 0.337 e. The molecule has 0 atom stereocenters. The Morgan fingerprint density at radius 1 is 0.970 bits per heavy atom. The van der Waals surface area contributed by atoms with E-state index in [2.05, 4.69) is 46.3 Å². The Hall–Kier alpha value is -3.35. The molecule has 1 amide bonds. The number of piperazine rings is 1. The van der Waals surface area contributed by atoms with Gasteiger partial charge in [-0.15, -0.1) is 0 Å². The lowest BCUT2D eigenvalue weighted by atomic mass is 10.1. The molecule has 0 bridgehead atoms. The Balaban J connectivity index is 1.42. The average Bonchev–Trinajstić information content (AvgIpc) is 2.81. The molecule has 0 spiro atoms. The third-order valence-corrected chi connectivity index (χ3v) is 6.07. The first-order chi connectivity index (χ1) is 15.9. The predicted molar refractivity (Wildman–Crippen MR) is 131 cm³/mol. The van der Waals surface area contributed by atoms with Crippen LogP contribution in [0.4, 0.5) is 11.4 Å². The van der Waals surface area contributed by atoms with Gasteiger partial charge in [0, 0.05) is 49.0 Å². The monoisotopic (exact) mass is 463 g/mol. The van der Waals surface area contributed by atoms with E-state index >= 15 is 0 Å². The van der Waals surface area contributed by atoms with Crippen molar-refractivity contribution in [1.29, 1.82) is 0 Å².